The van der Waals surface area contributed by atoms with Gasteiger partial charge in [-0.2, -0.15) is 8.78 Å². The fourth-order valence-electron chi connectivity index (χ4n) is 0.940. The van der Waals surface area contributed by atoms with Gasteiger partial charge in [0.15, 0.2) is 0 Å². The molecular weight excluding hydrogens is 186 g/mol. The van der Waals surface area contributed by atoms with Crippen molar-refractivity contribution in [2.45, 2.75) is 44.0 Å². The molecule has 0 aromatic heterocycles. The molecule has 0 radical (unpaired) electrons. The molecule has 3 N–H and O–H groups in total. The van der Waals surface area contributed by atoms with Crippen molar-refractivity contribution in [2.75, 3.05) is 0 Å². The zero-order valence-corrected chi connectivity index (χ0v) is 7.87. The summed E-state index contributed by atoms with van der Waals surface area (Å²) in [6.07, 6.45) is 2.94. The maximum Gasteiger partial charge on any atom is 0.338 e. The highest BCUT2D eigenvalue weighted by Gasteiger charge is 2.35. The first-order valence-corrected chi connectivity index (χ1v) is 4.43. The third-order valence-electron chi connectivity index (χ3n) is 1.69. The molecule has 0 fully saturated rings. The van der Waals surface area contributed by atoms with Crippen molar-refractivity contribution < 1.29 is 8.78 Å². The first-order valence-electron chi connectivity index (χ1n) is 4.05. The van der Waals surface area contributed by atoms with Crippen LogP contribution in [0, 0.1) is 0 Å². The fourth-order valence-corrected chi connectivity index (χ4v) is 1.11. The Labute approximate surface area is 76.4 Å². The molecule has 0 bridgehead atoms. The molecule has 74 valence electrons. The van der Waals surface area contributed by atoms with Gasteiger partial charge in [0.25, 0.3) is 0 Å². The minimum atomic E-state index is -3.25. The van der Waals surface area contributed by atoms with Crippen molar-refractivity contribution in [3.05, 3.63) is 0 Å². The van der Waals surface area contributed by atoms with Gasteiger partial charge in [-0.15, -0.1) is 0 Å². The van der Waals surface area contributed by atoms with Crippen molar-refractivity contribution in [1.29, 1.82) is 0 Å². The molecule has 0 saturated heterocycles. The third-order valence-corrected chi connectivity index (χ3v) is 1.96. The Morgan fingerprint density at radius 2 is 2.08 bits per heavy atom. The molecule has 1 unspecified atom stereocenters. The maximum absolute atomic E-state index is 12.4. The lowest BCUT2D eigenvalue weighted by Gasteiger charge is -2.20. The van der Waals surface area contributed by atoms with E-state index in [4.69, 9.17) is 17.4 Å². The summed E-state index contributed by atoms with van der Waals surface area (Å²) >= 11 is 4.80. The lowest BCUT2D eigenvalue weighted by Crippen LogP contribution is -2.45. The highest BCUT2D eigenvalue weighted by molar-refractivity contribution is 6.22. The number of nitrogens with two attached hydrogens (primary N) is 1. The van der Waals surface area contributed by atoms with Crippen molar-refractivity contribution in [3.63, 3.8) is 0 Å². The molecule has 0 saturated carbocycles. The minimum absolute atomic E-state index is 0.306. The van der Waals surface area contributed by atoms with Crippen molar-refractivity contribution in [2.24, 2.45) is 5.84 Å². The lowest BCUT2D eigenvalue weighted by atomic mass is 10.1. The quantitative estimate of drug-likeness (QED) is 0.299. The summed E-state index contributed by atoms with van der Waals surface area (Å²) < 4.78 is 24.9. The number of hydrazine groups is 1. The van der Waals surface area contributed by atoms with Gasteiger partial charge in [-0.3, -0.25) is 5.84 Å². The van der Waals surface area contributed by atoms with Gasteiger partial charge < -0.3 is 0 Å². The molecule has 1 atom stereocenters. The van der Waals surface area contributed by atoms with Crippen molar-refractivity contribution >= 4 is 11.6 Å². The summed E-state index contributed by atoms with van der Waals surface area (Å²) in [5, 5.41) is -3.25. The number of unbranched alkanes of at least 4 members (excludes halogenated alkanes) is 2. The van der Waals surface area contributed by atoms with E-state index in [0.717, 1.165) is 12.8 Å². The third kappa shape index (κ3) is 4.85. The Balaban J connectivity index is 3.68. The topological polar surface area (TPSA) is 38.0 Å². The molecule has 0 rings (SSSR count). The molecule has 0 aliphatic rings. The van der Waals surface area contributed by atoms with Crippen molar-refractivity contribution in [1.82, 2.24) is 5.43 Å². The van der Waals surface area contributed by atoms with Gasteiger partial charge >= 0.3 is 5.38 Å². The van der Waals surface area contributed by atoms with Gasteiger partial charge in [-0.05, 0) is 18.0 Å². The van der Waals surface area contributed by atoms with Gasteiger partial charge in [0.05, 0.1) is 6.04 Å². The summed E-state index contributed by atoms with van der Waals surface area (Å²) in [6.45, 7) is 2.00. The molecule has 2 nitrogen and oxygen atoms in total. The van der Waals surface area contributed by atoms with E-state index in [1.165, 1.54) is 0 Å². The monoisotopic (exact) mass is 200 g/mol. The first kappa shape index (κ1) is 12.1. The van der Waals surface area contributed by atoms with Gasteiger partial charge in [-0.25, -0.2) is 5.43 Å². The number of hydrogen-bond donors (Lipinski definition) is 2. The number of nitrogens with one attached hydrogen (secondary N) is 1. The molecule has 0 aliphatic heterocycles. The second kappa shape index (κ2) is 5.67. The molecule has 0 spiro atoms. The van der Waals surface area contributed by atoms with Gasteiger partial charge in [0.1, 0.15) is 0 Å². The van der Waals surface area contributed by atoms with E-state index in [1.807, 2.05) is 12.3 Å². The van der Waals surface area contributed by atoms with E-state index in [0.29, 0.717) is 12.8 Å². The van der Waals surface area contributed by atoms with Gasteiger partial charge in [0, 0.05) is 0 Å². The van der Waals surface area contributed by atoms with Crippen LogP contribution in [0.4, 0.5) is 8.78 Å². The Morgan fingerprint density at radius 3 is 2.42 bits per heavy atom. The van der Waals surface area contributed by atoms with E-state index in [-0.39, 0.29) is 0 Å². The zero-order chi connectivity index (χ0) is 9.61. The van der Waals surface area contributed by atoms with Crippen LogP contribution in [0.15, 0.2) is 0 Å². The van der Waals surface area contributed by atoms with E-state index in [1.54, 1.807) is 0 Å². The summed E-state index contributed by atoms with van der Waals surface area (Å²) in [5.74, 6) is 4.93. The number of halogens is 3. The molecule has 0 heterocycles. The molecule has 0 aromatic carbocycles. The molecule has 12 heavy (non-hydrogen) atoms. The molecular formula is C7H15ClF2N2. The van der Waals surface area contributed by atoms with E-state index in [2.05, 4.69) is 0 Å². The first-order chi connectivity index (χ1) is 5.52. The van der Waals surface area contributed by atoms with Crippen molar-refractivity contribution in [3.8, 4) is 0 Å². The lowest BCUT2D eigenvalue weighted by molar-refractivity contribution is 0.0457. The standard InChI is InChI=1S/C7H15ClF2N2/c1-2-3-4-5-6(12-11)7(8,9)10/h6,12H,2-5,11H2,1H3. The summed E-state index contributed by atoms with van der Waals surface area (Å²) in [7, 11) is 0. The van der Waals surface area contributed by atoms with Crippen LogP contribution < -0.4 is 11.3 Å². The number of hydrogen-bond acceptors (Lipinski definition) is 2. The van der Waals surface area contributed by atoms with Crippen LogP contribution in [0.5, 0.6) is 0 Å². The predicted octanol–water partition coefficient (Wildman–Crippen LogP) is 2.23. The van der Waals surface area contributed by atoms with Gasteiger partial charge in [0.2, 0.25) is 0 Å². The summed E-state index contributed by atoms with van der Waals surface area (Å²) in [6, 6.07) is -1.12. The van der Waals surface area contributed by atoms with Crippen LogP contribution in [-0.2, 0) is 0 Å². The predicted molar refractivity (Wildman–Crippen MR) is 46.1 cm³/mol. The van der Waals surface area contributed by atoms with Gasteiger partial charge in [-0.1, -0.05) is 26.2 Å². The SMILES string of the molecule is CCCCCC(NN)C(F)(F)Cl. The maximum atomic E-state index is 12.4. The number of rotatable bonds is 6. The van der Waals surface area contributed by atoms with Crippen LogP contribution in [0.1, 0.15) is 32.6 Å². The Kier molecular flexibility index (Phi) is 5.70. The van der Waals surface area contributed by atoms with E-state index in [9.17, 15) is 8.78 Å². The van der Waals surface area contributed by atoms with E-state index >= 15 is 0 Å². The zero-order valence-electron chi connectivity index (χ0n) is 7.12. The Bertz CT molecular complexity index is 116. The Hall–Kier alpha value is 0.0700. The molecule has 0 aromatic rings. The smallest absolute Gasteiger partial charge is 0.271 e. The van der Waals surface area contributed by atoms with Crippen LogP contribution >= 0.6 is 11.6 Å². The minimum Gasteiger partial charge on any atom is -0.271 e. The molecule has 5 heteroatoms. The average molecular weight is 201 g/mol. The van der Waals surface area contributed by atoms with E-state index < -0.39 is 11.4 Å². The number of alkyl halides is 3. The largest absolute Gasteiger partial charge is 0.338 e. The highest BCUT2D eigenvalue weighted by atomic mass is 35.5. The van der Waals surface area contributed by atoms with Crippen LogP contribution in [0.25, 0.3) is 0 Å². The second-order valence-corrected chi connectivity index (χ2v) is 3.26. The second-order valence-electron chi connectivity index (χ2n) is 2.76. The average Bonchev–Trinajstić information content (AvgIpc) is 1.95. The molecule has 0 aliphatic carbocycles. The van der Waals surface area contributed by atoms with Crippen LogP contribution in [0.3, 0.4) is 0 Å². The van der Waals surface area contributed by atoms with Crippen LogP contribution in [-0.4, -0.2) is 11.4 Å². The van der Waals surface area contributed by atoms with Crippen LogP contribution in [0.2, 0.25) is 0 Å². The fraction of sp³-hybridized carbons (Fsp3) is 1.00. The normalized spacial score (nSPS) is 14.8. The highest BCUT2D eigenvalue weighted by Crippen LogP contribution is 2.26. The summed E-state index contributed by atoms with van der Waals surface area (Å²) in [4.78, 5) is 0. The molecule has 0 amide bonds. The summed E-state index contributed by atoms with van der Waals surface area (Å²) in [5.41, 5.74) is 2.02. The Morgan fingerprint density at radius 1 is 1.50 bits per heavy atom.